The Morgan fingerprint density at radius 1 is 1.50 bits per heavy atom. The standard InChI is InChI=1S/C14H16FN5OS/c1-8-2-3-9(6-11(8)15)17-12(21)7-22-14-19-18-13(16)20(14)10-4-5-10/h2-3,6,10H,4-5,7H2,1H3,(H2,16,18)(H,17,21). The predicted octanol–water partition coefficient (Wildman–Crippen LogP) is 2.37. The lowest BCUT2D eigenvalue weighted by molar-refractivity contribution is -0.113. The number of benzene rings is 1. The molecule has 6 nitrogen and oxygen atoms in total. The molecule has 0 atom stereocenters. The van der Waals surface area contributed by atoms with E-state index in [1.54, 1.807) is 19.1 Å². The average Bonchev–Trinajstić information content (AvgIpc) is 3.24. The third kappa shape index (κ3) is 3.22. The van der Waals surface area contributed by atoms with Gasteiger partial charge >= 0.3 is 0 Å². The Kier molecular flexibility index (Phi) is 4.02. The molecule has 1 heterocycles. The molecule has 0 saturated heterocycles. The van der Waals surface area contributed by atoms with Crippen molar-refractivity contribution in [3.8, 4) is 0 Å². The number of rotatable bonds is 5. The summed E-state index contributed by atoms with van der Waals surface area (Å²) in [7, 11) is 0. The number of carbonyl (C=O) groups is 1. The molecule has 0 unspecified atom stereocenters. The molecule has 1 aliphatic rings. The van der Waals surface area contributed by atoms with E-state index in [4.69, 9.17) is 5.73 Å². The van der Waals surface area contributed by atoms with E-state index in [0.29, 0.717) is 28.4 Å². The highest BCUT2D eigenvalue weighted by Crippen LogP contribution is 2.39. The Bertz CT molecular complexity index is 713. The quantitative estimate of drug-likeness (QED) is 0.826. The van der Waals surface area contributed by atoms with Gasteiger partial charge in [-0.15, -0.1) is 10.2 Å². The molecule has 3 N–H and O–H groups in total. The monoisotopic (exact) mass is 321 g/mol. The SMILES string of the molecule is Cc1ccc(NC(=O)CSc2nnc(N)n2C2CC2)cc1F. The minimum Gasteiger partial charge on any atom is -0.368 e. The molecule has 0 radical (unpaired) electrons. The molecule has 0 bridgehead atoms. The van der Waals surface area contributed by atoms with Gasteiger partial charge in [-0.05, 0) is 37.5 Å². The molecule has 1 aliphatic carbocycles. The summed E-state index contributed by atoms with van der Waals surface area (Å²) in [6.07, 6.45) is 2.12. The van der Waals surface area contributed by atoms with Crippen LogP contribution in [-0.2, 0) is 4.79 Å². The van der Waals surface area contributed by atoms with Crippen LogP contribution < -0.4 is 11.1 Å². The highest BCUT2D eigenvalue weighted by atomic mass is 32.2. The van der Waals surface area contributed by atoms with Gasteiger partial charge in [0, 0.05) is 11.7 Å². The first-order valence-corrected chi connectivity index (χ1v) is 7.92. The molecular weight excluding hydrogens is 305 g/mol. The zero-order chi connectivity index (χ0) is 15.7. The summed E-state index contributed by atoms with van der Waals surface area (Å²) < 4.78 is 15.3. The molecule has 1 saturated carbocycles. The molecule has 8 heteroatoms. The number of thioether (sulfide) groups is 1. The zero-order valence-electron chi connectivity index (χ0n) is 12.0. The van der Waals surface area contributed by atoms with Crippen molar-refractivity contribution in [3.05, 3.63) is 29.6 Å². The van der Waals surface area contributed by atoms with Crippen molar-refractivity contribution >= 4 is 29.3 Å². The van der Waals surface area contributed by atoms with Gasteiger partial charge in [-0.1, -0.05) is 17.8 Å². The third-order valence-electron chi connectivity index (χ3n) is 3.39. The molecule has 0 aliphatic heterocycles. The summed E-state index contributed by atoms with van der Waals surface area (Å²) in [4.78, 5) is 11.9. The minimum atomic E-state index is -0.341. The molecule has 2 aromatic rings. The summed E-state index contributed by atoms with van der Waals surface area (Å²) in [5.41, 5.74) is 6.76. The number of hydrogen-bond acceptors (Lipinski definition) is 5. The summed E-state index contributed by atoms with van der Waals surface area (Å²) in [5.74, 6) is -0.0183. The van der Waals surface area contributed by atoms with Gasteiger partial charge in [0.15, 0.2) is 5.16 Å². The number of nitrogens with zero attached hydrogens (tertiary/aromatic N) is 3. The van der Waals surface area contributed by atoms with Gasteiger partial charge < -0.3 is 11.1 Å². The Labute approximate surface area is 131 Å². The van der Waals surface area contributed by atoms with Crippen molar-refractivity contribution in [2.75, 3.05) is 16.8 Å². The molecule has 0 spiro atoms. The van der Waals surface area contributed by atoms with Gasteiger partial charge in [-0.25, -0.2) is 4.39 Å². The summed E-state index contributed by atoms with van der Waals surface area (Å²) in [6, 6.07) is 4.96. The minimum absolute atomic E-state index is 0.167. The van der Waals surface area contributed by atoms with Crippen LogP contribution in [0.15, 0.2) is 23.4 Å². The zero-order valence-corrected chi connectivity index (χ0v) is 12.9. The topological polar surface area (TPSA) is 85.8 Å². The molecule has 1 aromatic heterocycles. The van der Waals surface area contributed by atoms with Gasteiger partial charge in [-0.3, -0.25) is 9.36 Å². The fourth-order valence-corrected chi connectivity index (χ4v) is 2.87. The van der Waals surface area contributed by atoms with Crippen LogP contribution in [-0.4, -0.2) is 26.4 Å². The van der Waals surface area contributed by atoms with E-state index in [9.17, 15) is 9.18 Å². The number of carbonyl (C=O) groups excluding carboxylic acids is 1. The van der Waals surface area contributed by atoms with Crippen molar-refractivity contribution in [1.29, 1.82) is 0 Å². The van der Waals surface area contributed by atoms with Crippen LogP contribution in [0.25, 0.3) is 0 Å². The van der Waals surface area contributed by atoms with Crippen LogP contribution in [0.4, 0.5) is 16.0 Å². The van der Waals surface area contributed by atoms with Gasteiger partial charge in [0.1, 0.15) is 5.82 Å². The molecule has 1 fully saturated rings. The first kappa shape index (κ1) is 14.8. The van der Waals surface area contributed by atoms with Crippen LogP contribution in [0.1, 0.15) is 24.4 Å². The highest BCUT2D eigenvalue weighted by molar-refractivity contribution is 7.99. The van der Waals surface area contributed by atoms with Crippen LogP contribution in [0.3, 0.4) is 0 Å². The number of hydrogen-bond donors (Lipinski definition) is 2. The van der Waals surface area contributed by atoms with Crippen LogP contribution >= 0.6 is 11.8 Å². The van der Waals surface area contributed by atoms with E-state index >= 15 is 0 Å². The number of aromatic nitrogens is 3. The van der Waals surface area contributed by atoms with Crippen LogP contribution in [0.2, 0.25) is 0 Å². The number of nitrogen functional groups attached to an aromatic ring is 1. The van der Waals surface area contributed by atoms with Gasteiger partial charge in [-0.2, -0.15) is 0 Å². The van der Waals surface area contributed by atoms with Gasteiger partial charge in [0.25, 0.3) is 0 Å². The van der Waals surface area contributed by atoms with E-state index in [2.05, 4.69) is 15.5 Å². The van der Waals surface area contributed by atoms with E-state index in [1.807, 2.05) is 4.57 Å². The van der Waals surface area contributed by atoms with E-state index in [-0.39, 0.29) is 17.5 Å². The second-order valence-corrected chi connectivity index (χ2v) is 6.19. The van der Waals surface area contributed by atoms with Crippen LogP contribution in [0.5, 0.6) is 0 Å². The van der Waals surface area contributed by atoms with Crippen LogP contribution in [0, 0.1) is 12.7 Å². The summed E-state index contributed by atoms with van der Waals surface area (Å²) in [5, 5.41) is 11.1. The third-order valence-corrected chi connectivity index (χ3v) is 4.33. The lowest BCUT2D eigenvalue weighted by Gasteiger charge is -2.07. The largest absolute Gasteiger partial charge is 0.368 e. The number of halogens is 1. The average molecular weight is 321 g/mol. The maximum absolute atomic E-state index is 13.4. The Morgan fingerprint density at radius 3 is 2.95 bits per heavy atom. The first-order chi connectivity index (χ1) is 10.5. The highest BCUT2D eigenvalue weighted by Gasteiger charge is 2.29. The second kappa shape index (κ2) is 5.96. The fraction of sp³-hybridized carbons (Fsp3) is 0.357. The normalized spacial score (nSPS) is 14.1. The number of nitrogens with one attached hydrogen (secondary N) is 1. The maximum atomic E-state index is 13.4. The number of nitrogens with two attached hydrogens (primary N) is 1. The molecule has 3 rings (SSSR count). The maximum Gasteiger partial charge on any atom is 0.234 e. The Hall–Kier alpha value is -2.09. The summed E-state index contributed by atoms with van der Waals surface area (Å²) >= 11 is 1.27. The number of anilines is 2. The van der Waals surface area contributed by atoms with Crippen molar-refractivity contribution < 1.29 is 9.18 Å². The Balaban J connectivity index is 1.59. The second-order valence-electron chi connectivity index (χ2n) is 5.24. The van der Waals surface area contributed by atoms with Gasteiger partial charge in [0.05, 0.1) is 5.75 Å². The van der Waals surface area contributed by atoms with Crippen molar-refractivity contribution in [2.45, 2.75) is 31.0 Å². The summed E-state index contributed by atoms with van der Waals surface area (Å²) in [6.45, 7) is 1.67. The smallest absolute Gasteiger partial charge is 0.234 e. The molecule has 1 amide bonds. The predicted molar refractivity (Wildman–Crippen MR) is 83.2 cm³/mol. The Morgan fingerprint density at radius 2 is 2.27 bits per heavy atom. The van der Waals surface area contributed by atoms with Crippen molar-refractivity contribution in [2.24, 2.45) is 0 Å². The first-order valence-electron chi connectivity index (χ1n) is 6.94. The molecular formula is C14H16FN5OS. The number of aryl methyl sites for hydroxylation is 1. The van der Waals surface area contributed by atoms with Crippen molar-refractivity contribution in [3.63, 3.8) is 0 Å². The molecule has 1 aromatic carbocycles. The lowest BCUT2D eigenvalue weighted by Crippen LogP contribution is -2.15. The van der Waals surface area contributed by atoms with E-state index in [1.165, 1.54) is 17.8 Å². The molecule has 22 heavy (non-hydrogen) atoms. The number of amides is 1. The van der Waals surface area contributed by atoms with E-state index in [0.717, 1.165) is 12.8 Å². The van der Waals surface area contributed by atoms with E-state index < -0.39 is 0 Å². The fourth-order valence-electron chi connectivity index (χ4n) is 2.06. The molecule has 116 valence electrons. The van der Waals surface area contributed by atoms with Gasteiger partial charge in [0.2, 0.25) is 11.9 Å². The van der Waals surface area contributed by atoms with Crippen molar-refractivity contribution in [1.82, 2.24) is 14.8 Å². The lowest BCUT2D eigenvalue weighted by atomic mass is 10.2.